The zero-order valence-electron chi connectivity index (χ0n) is 35.1. The summed E-state index contributed by atoms with van der Waals surface area (Å²) in [7, 11) is -2.48. The number of aromatic nitrogens is 2. The van der Waals surface area contributed by atoms with Gasteiger partial charge in [-0.05, 0) is 88.3 Å². The molecule has 2 aliphatic heterocycles. The number of carbonyl (C=O) groups excluding carboxylic acids is 3. The predicted molar refractivity (Wildman–Crippen MR) is 216 cm³/mol. The van der Waals surface area contributed by atoms with E-state index < -0.39 is 61.8 Å². The Bertz CT molecular complexity index is 1870. The Kier molecular flexibility index (Phi) is 13.7. The fourth-order valence-electron chi connectivity index (χ4n) is 7.37. The third-order valence-corrected chi connectivity index (χ3v) is 15.8. The third-order valence-electron chi connectivity index (χ3n) is 11.2. The molecule has 3 heterocycles. The maximum absolute atomic E-state index is 15.5. The quantitative estimate of drug-likeness (QED) is 0.133. The second kappa shape index (κ2) is 17.8. The van der Waals surface area contributed by atoms with Gasteiger partial charge >= 0.3 is 12.1 Å². The second-order valence-electron chi connectivity index (χ2n) is 17.9. The van der Waals surface area contributed by atoms with E-state index in [1.807, 2.05) is 34.9 Å². The van der Waals surface area contributed by atoms with Gasteiger partial charge in [-0.25, -0.2) is 18.6 Å². The molecule has 312 valence electrons. The maximum Gasteiger partial charge on any atom is 0.410 e. The van der Waals surface area contributed by atoms with Crippen LogP contribution in [0.25, 0.3) is 11.3 Å². The van der Waals surface area contributed by atoms with Crippen LogP contribution in [0.1, 0.15) is 85.7 Å². The number of halogens is 2. The van der Waals surface area contributed by atoms with Crippen molar-refractivity contribution < 1.29 is 41.8 Å². The lowest BCUT2D eigenvalue weighted by Gasteiger charge is -2.43. The van der Waals surface area contributed by atoms with E-state index in [4.69, 9.17) is 23.6 Å². The molecule has 1 aromatic heterocycles. The van der Waals surface area contributed by atoms with Gasteiger partial charge in [-0.15, -0.1) is 0 Å². The lowest BCUT2D eigenvalue weighted by Crippen LogP contribution is -2.52. The molecular formula is C43H60F2N4O7Si. The van der Waals surface area contributed by atoms with Gasteiger partial charge in [0, 0.05) is 57.4 Å². The first-order valence-corrected chi connectivity index (χ1v) is 22.8. The molecule has 57 heavy (non-hydrogen) atoms. The zero-order chi connectivity index (χ0) is 41.9. The standard InChI is InChI=1S/C43H60F2N4O7Si/c1-28(56-57(9,10)43(6,7)8)40(51)49(25-32-24-48(27-37(32)54-29(2)50)41(52)55-42(3,4)5)38(31-18-20-53-21-19-31)39-46-36(34-22-33(44)16-17-35(34)45)26-47(39)23-30-14-12-11-13-15-30/h11-17,22,26,28,31-32,37-38H,18-21,23-25,27H2,1-10H3/t28-,32-,37-,38+/m0/s1. The lowest BCUT2D eigenvalue weighted by molar-refractivity contribution is -0.150. The third kappa shape index (κ3) is 11.1. The molecule has 2 amide bonds. The minimum absolute atomic E-state index is 0.0000107. The van der Waals surface area contributed by atoms with Gasteiger partial charge in [-0.3, -0.25) is 9.59 Å². The van der Waals surface area contributed by atoms with Crippen molar-refractivity contribution in [3.63, 3.8) is 0 Å². The Morgan fingerprint density at radius 2 is 1.67 bits per heavy atom. The minimum atomic E-state index is -2.48. The van der Waals surface area contributed by atoms with Crippen LogP contribution in [0, 0.1) is 23.5 Å². The van der Waals surface area contributed by atoms with Crippen LogP contribution >= 0.6 is 0 Å². The van der Waals surface area contributed by atoms with E-state index in [2.05, 4.69) is 33.9 Å². The summed E-state index contributed by atoms with van der Waals surface area (Å²) in [6.45, 7) is 20.5. The summed E-state index contributed by atoms with van der Waals surface area (Å²) in [4.78, 5) is 49.6. The molecule has 3 aromatic rings. The average Bonchev–Trinajstić information content (AvgIpc) is 3.71. The molecule has 2 fully saturated rings. The molecule has 0 spiro atoms. The number of esters is 1. The van der Waals surface area contributed by atoms with Gasteiger partial charge in [0.1, 0.15) is 35.3 Å². The molecule has 2 aliphatic rings. The number of benzene rings is 2. The van der Waals surface area contributed by atoms with Gasteiger partial charge in [-0.1, -0.05) is 51.1 Å². The van der Waals surface area contributed by atoms with Crippen LogP contribution in [-0.4, -0.2) is 96.3 Å². The summed E-state index contributed by atoms with van der Waals surface area (Å²) in [5.41, 5.74) is 0.412. The SMILES string of the molecule is CC(=O)O[C@H]1CN(C(=O)OC(C)(C)C)C[C@H]1CN(C(=O)[C@H](C)O[Si](C)(C)C(C)(C)C)[C@@H](c1nc(-c2cc(F)ccc2F)cn1Cc1ccccc1)C1CCOCC1. The van der Waals surface area contributed by atoms with E-state index in [1.54, 1.807) is 38.8 Å². The molecule has 2 saturated heterocycles. The van der Waals surface area contributed by atoms with E-state index in [0.29, 0.717) is 38.4 Å². The van der Waals surface area contributed by atoms with Gasteiger partial charge in [0.25, 0.3) is 5.91 Å². The van der Waals surface area contributed by atoms with Crippen molar-refractivity contribution in [2.24, 2.45) is 11.8 Å². The molecule has 0 aliphatic carbocycles. The first kappa shape index (κ1) is 44.0. The van der Waals surface area contributed by atoms with Crippen LogP contribution in [0.3, 0.4) is 0 Å². The maximum atomic E-state index is 15.5. The lowest BCUT2D eigenvalue weighted by atomic mass is 9.88. The van der Waals surface area contributed by atoms with E-state index >= 15 is 9.18 Å². The molecule has 5 rings (SSSR count). The van der Waals surface area contributed by atoms with E-state index in [-0.39, 0.29) is 47.8 Å². The summed E-state index contributed by atoms with van der Waals surface area (Å²) in [6, 6.07) is 12.3. The Hall–Kier alpha value is -4.14. The van der Waals surface area contributed by atoms with Gasteiger partial charge < -0.3 is 33.0 Å². The Morgan fingerprint density at radius 3 is 2.28 bits per heavy atom. The van der Waals surface area contributed by atoms with E-state index in [1.165, 1.54) is 11.8 Å². The fourth-order valence-corrected chi connectivity index (χ4v) is 8.71. The van der Waals surface area contributed by atoms with Crippen molar-refractivity contribution in [3.8, 4) is 11.3 Å². The van der Waals surface area contributed by atoms with Crippen molar-refractivity contribution in [2.45, 2.75) is 117 Å². The molecule has 0 saturated carbocycles. The summed E-state index contributed by atoms with van der Waals surface area (Å²) in [5, 5.41) is -0.192. The number of amides is 2. The van der Waals surface area contributed by atoms with Crippen molar-refractivity contribution >= 4 is 26.3 Å². The van der Waals surface area contributed by atoms with Crippen LogP contribution in [0.5, 0.6) is 0 Å². The highest BCUT2D eigenvalue weighted by molar-refractivity contribution is 6.74. The molecule has 0 radical (unpaired) electrons. The summed E-state index contributed by atoms with van der Waals surface area (Å²) >= 11 is 0. The number of carbonyl (C=O) groups is 3. The number of hydrogen-bond acceptors (Lipinski definition) is 8. The Balaban J connectivity index is 1.68. The Labute approximate surface area is 337 Å². The smallest absolute Gasteiger partial charge is 0.410 e. The highest BCUT2D eigenvalue weighted by Gasteiger charge is 2.47. The number of nitrogens with zero attached hydrogens (tertiary/aromatic N) is 4. The number of imidazole rings is 1. The molecule has 11 nitrogen and oxygen atoms in total. The van der Waals surface area contributed by atoms with Crippen LogP contribution in [0.4, 0.5) is 13.6 Å². The van der Waals surface area contributed by atoms with Crippen molar-refractivity contribution in [1.82, 2.24) is 19.4 Å². The summed E-state index contributed by atoms with van der Waals surface area (Å²) in [6.07, 6.45) is 0.744. The predicted octanol–water partition coefficient (Wildman–Crippen LogP) is 8.38. The van der Waals surface area contributed by atoms with Crippen molar-refractivity contribution in [1.29, 1.82) is 0 Å². The highest BCUT2D eigenvalue weighted by Crippen LogP contribution is 2.41. The van der Waals surface area contributed by atoms with Gasteiger partial charge in [0.15, 0.2) is 8.32 Å². The van der Waals surface area contributed by atoms with Gasteiger partial charge in [0.05, 0.1) is 18.3 Å². The average molecular weight is 811 g/mol. The number of ether oxygens (including phenoxy) is 3. The summed E-state index contributed by atoms with van der Waals surface area (Å²) in [5.74, 6) is -2.22. The molecular weight excluding hydrogens is 751 g/mol. The molecule has 0 unspecified atom stereocenters. The van der Waals surface area contributed by atoms with E-state index in [9.17, 15) is 14.0 Å². The molecule has 4 atom stereocenters. The van der Waals surface area contributed by atoms with Crippen molar-refractivity contribution in [3.05, 3.63) is 77.8 Å². The number of hydrogen-bond donors (Lipinski definition) is 0. The molecule has 2 aromatic carbocycles. The topological polar surface area (TPSA) is 112 Å². The highest BCUT2D eigenvalue weighted by atomic mass is 28.4. The van der Waals surface area contributed by atoms with Gasteiger partial charge in [-0.2, -0.15) is 0 Å². The first-order valence-electron chi connectivity index (χ1n) is 19.9. The van der Waals surface area contributed by atoms with Gasteiger partial charge in [0.2, 0.25) is 0 Å². The van der Waals surface area contributed by atoms with Crippen LogP contribution in [-0.2, 0) is 34.8 Å². The molecule has 14 heteroatoms. The fraction of sp³-hybridized carbons (Fsp3) is 0.581. The minimum Gasteiger partial charge on any atom is -0.460 e. The largest absolute Gasteiger partial charge is 0.460 e. The van der Waals surface area contributed by atoms with E-state index in [0.717, 1.165) is 23.8 Å². The first-order chi connectivity index (χ1) is 26.6. The molecule has 0 bridgehead atoms. The normalized spacial score (nSPS) is 19.3. The van der Waals surface area contributed by atoms with Crippen LogP contribution in [0.2, 0.25) is 18.1 Å². The summed E-state index contributed by atoms with van der Waals surface area (Å²) < 4.78 is 56.2. The van der Waals surface area contributed by atoms with Crippen LogP contribution in [0.15, 0.2) is 54.7 Å². The second-order valence-corrected chi connectivity index (χ2v) is 22.7. The molecule has 0 N–H and O–H groups in total. The number of likely N-dealkylation sites (tertiary alicyclic amines) is 1. The monoisotopic (exact) mass is 810 g/mol. The Morgan fingerprint density at radius 1 is 1.00 bits per heavy atom. The van der Waals surface area contributed by atoms with Crippen molar-refractivity contribution in [2.75, 3.05) is 32.8 Å². The zero-order valence-corrected chi connectivity index (χ0v) is 36.1. The van der Waals surface area contributed by atoms with Crippen LogP contribution < -0.4 is 0 Å². The number of rotatable bonds is 12.